The SMILES string of the molecule is COc1cnn(C)c1C(=O)c1ccccn1. The summed E-state index contributed by atoms with van der Waals surface area (Å²) in [5.74, 6) is 0.260. The molecule has 0 amide bonds. The van der Waals surface area contributed by atoms with Crippen molar-refractivity contribution in [2.75, 3.05) is 7.11 Å². The summed E-state index contributed by atoms with van der Waals surface area (Å²) in [4.78, 5) is 16.1. The maximum Gasteiger partial charge on any atom is 0.233 e. The van der Waals surface area contributed by atoms with Crippen molar-refractivity contribution in [1.29, 1.82) is 0 Å². The molecule has 0 bridgehead atoms. The standard InChI is InChI=1S/C11H11N3O2/c1-14-10(9(16-2)7-13-14)11(15)8-5-3-4-6-12-8/h3-7H,1-2H3. The van der Waals surface area contributed by atoms with Crippen molar-refractivity contribution in [3.63, 3.8) is 0 Å². The second-order valence-corrected chi connectivity index (χ2v) is 3.23. The summed E-state index contributed by atoms with van der Waals surface area (Å²) in [6.45, 7) is 0. The number of carbonyl (C=O) groups excluding carboxylic acids is 1. The summed E-state index contributed by atoms with van der Waals surface area (Å²) in [6.07, 6.45) is 3.09. The van der Waals surface area contributed by atoms with Gasteiger partial charge >= 0.3 is 0 Å². The highest BCUT2D eigenvalue weighted by molar-refractivity contribution is 6.08. The summed E-state index contributed by atoms with van der Waals surface area (Å²) in [5.41, 5.74) is 0.783. The van der Waals surface area contributed by atoms with Gasteiger partial charge in [-0.3, -0.25) is 14.5 Å². The summed E-state index contributed by atoms with van der Waals surface area (Å²) in [5, 5.41) is 3.98. The minimum Gasteiger partial charge on any atom is -0.493 e. The maximum atomic E-state index is 12.1. The molecular formula is C11H11N3O2. The molecule has 0 spiro atoms. The number of ether oxygens (including phenoxy) is 1. The molecule has 0 saturated heterocycles. The number of methoxy groups -OCH3 is 1. The van der Waals surface area contributed by atoms with Gasteiger partial charge < -0.3 is 4.74 Å². The highest BCUT2D eigenvalue weighted by Crippen LogP contribution is 2.19. The largest absolute Gasteiger partial charge is 0.493 e. The molecule has 16 heavy (non-hydrogen) atoms. The molecule has 0 aliphatic heterocycles. The van der Waals surface area contributed by atoms with Gasteiger partial charge in [0.1, 0.15) is 5.69 Å². The molecular weight excluding hydrogens is 206 g/mol. The molecule has 2 rings (SSSR count). The van der Waals surface area contributed by atoms with E-state index in [1.165, 1.54) is 18.0 Å². The van der Waals surface area contributed by atoms with E-state index < -0.39 is 0 Å². The molecule has 0 radical (unpaired) electrons. The number of aromatic nitrogens is 3. The number of hydrogen-bond acceptors (Lipinski definition) is 4. The van der Waals surface area contributed by atoms with E-state index in [2.05, 4.69) is 10.1 Å². The van der Waals surface area contributed by atoms with Crippen LogP contribution in [0.2, 0.25) is 0 Å². The maximum absolute atomic E-state index is 12.1. The molecule has 0 saturated carbocycles. The molecule has 5 heteroatoms. The molecule has 2 heterocycles. The van der Waals surface area contributed by atoms with E-state index >= 15 is 0 Å². The van der Waals surface area contributed by atoms with E-state index in [9.17, 15) is 4.79 Å². The predicted octanol–water partition coefficient (Wildman–Crippen LogP) is 1.05. The van der Waals surface area contributed by atoms with Gasteiger partial charge in [0.15, 0.2) is 11.4 Å². The Morgan fingerprint density at radius 1 is 1.44 bits per heavy atom. The fraction of sp³-hybridized carbons (Fsp3) is 0.182. The molecule has 2 aromatic heterocycles. The molecule has 2 aromatic rings. The monoisotopic (exact) mass is 217 g/mol. The molecule has 0 aliphatic rings. The third kappa shape index (κ3) is 1.67. The number of hydrogen-bond donors (Lipinski definition) is 0. The third-order valence-electron chi connectivity index (χ3n) is 2.24. The van der Waals surface area contributed by atoms with Crippen molar-refractivity contribution in [2.45, 2.75) is 0 Å². The lowest BCUT2D eigenvalue weighted by atomic mass is 10.2. The topological polar surface area (TPSA) is 57.0 Å². The smallest absolute Gasteiger partial charge is 0.233 e. The zero-order valence-electron chi connectivity index (χ0n) is 9.04. The zero-order chi connectivity index (χ0) is 11.5. The van der Waals surface area contributed by atoms with E-state index in [4.69, 9.17) is 4.74 Å². The number of rotatable bonds is 3. The summed E-state index contributed by atoms with van der Waals surface area (Å²) >= 11 is 0. The first-order valence-corrected chi connectivity index (χ1v) is 4.75. The van der Waals surface area contributed by atoms with Gasteiger partial charge in [-0.05, 0) is 12.1 Å². The average Bonchev–Trinajstić information content (AvgIpc) is 2.70. The van der Waals surface area contributed by atoms with Crippen LogP contribution in [0, 0.1) is 0 Å². The van der Waals surface area contributed by atoms with Crippen molar-refractivity contribution in [3.8, 4) is 5.75 Å². The number of pyridine rings is 1. The first-order chi connectivity index (χ1) is 7.74. The van der Waals surface area contributed by atoms with Crippen LogP contribution >= 0.6 is 0 Å². The Morgan fingerprint density at radius 3 is 2.88 bits per heavy atom. The second-order valence-electron chi connectivity index (χ2n) is 3.23. The minimum atomic E-state index is -0.197. The van der Waals surface area contributed by atoms with Gasteiger partial charge in [-0.2, -0.15) is 5.10 Å². The normalized spacial score (nSPS) is 10.1. The lowest BCUT2D eigenvalue weighted by molar-refractivity contribution is 0.102. The van der Waals surface area contributed by atoms with Crippen molar-refractivity contribution in [1.82, 2.24) is 14.8 Å². The van der Waals surface area contributed by atoms with Crippen LogP contribution in [0.4, 0.5) is 0 Å². The summed E-state index contributed by atoms with van der Waals surface area (Å²) < 4.78 is 6.56. The molecule has 0 aromatic carbocycles. The quantitative estimate of drug-likeness (QED) is 0.721. The van der Waals surface area contributed by atoms with Gasteiger partial charge in [0.25, 0.3) is 0 Å². The molecule has 82 valence electrons. The first kappa shape index (κ1) is 10.4. The molecule has 0 N–H and O–H groups in total. The Kier molecular flexibility index (Phi) is 2.68. The minimum absolute atomic E-state index is 0.197. The first-order valence-electron chi connectivity index (χ1n) is 4.75. The van der Waals surface area contributed by atoms with Crippen LogP contribution in [0.15, 0.2) is 30.6 Å². The van der Waals surface area contributed by atoms with Gasteiger partial charge in [-0.15, -0.1) is 0 Å². The van der Waals surface area contributed by atoms with Gasteiger partial charge in [0.2, 0.25) is 5.78 Å². The lowest BCUT2D eigenvalue weighted by Crippen LogP contribution is -2.10. The zero-order valence-corrected chi connectivity index (χ0v) is 9.04. The van der Waals surface area contributed by atoms with Crippen LogP contribution < -0.4 is 4.74 Å². The Hall–Kier alpha value is -2.17. The van der Waals surface area contributed by atoms with Gasteiger partial charge in [-0.1, -0.05) is 6.07 Å². The van der Waals surface area contributed by atoms with Crippen LogP contribution in [0.25, 0.3) is 0 Å². The van der Waals surface area contributed by atoms with E-state index in [0.29, 0.717) is 17.1 Å². The van der Waals surface area contributed by atoms with E-state index in [0.717, 1.165) is 0 Å². The second kappa shape index (κ2) is 4.14. The Labute approximate surface area is 92.7 Å². The summed E-state index contributed by atoms with van der Waals surface area (Å²) in [6, 6.07) is 5.19. The highest BCUT2D eigenvalue weighted by atomic mass is 16.5. The Balaban J connectivity index is 2.45. The van der Waals surface area contributed by atoms with Crippen molar-refractivity contribution in [3.05, 3.63) is 42.0 Å². The van der Waals surface area contributed by atoms with Gasteiger partial charge in [-0.25, -0.2) is 0 Å². The van der Waals surface area contributed by atoms with Gasteiger partial charge in [0, 0.05) is 13.2 Å². The highest BCUT2D eigenvalue weighted by Gasteiger charge is 2.19. The predicted molar refractivity (Wildman–Crippen MR) is 57.4 cm³/mol. The van der Waals surface area contributed by atoms with E-state index in [1.54, 1.807) is 31.4 Å². The molecule has 5 nitrogen and oxygen atoms in total. The van der Waals surface area contributed by atoms with E-state index in [1.807, 2.05) is 0 Å². The third-order valence-corrected chi connectivity index (χ3v) is 2.24. The number of carbonyl (C=O) groups is 1. The van der Waals surface area contributed by atoms with Crippen LogP contribution in [0.3, 0.4) is 0 Å². The van der Waals surface area contributed by atoms with Gasteiger partial charge in [0.05, 0.1) is 13.3 Å². The number of ketones is 1. The summed E-state index contributed by atoms with van der Waals surface area (Å²) in [7, 11) is 3.20. The molecule has 0 aliphatic carbocycles. The number of nitrogens with zero attached hydrogens (tertiary/aromatic N) is 3. The van der Waals surface area contributed by atoms with Crippen LogP contribution in [-0.2, 0) is 7.05 Å². The van der Waals surface area contributed by atoms with Crippen molar-refractivity contribution < 1.29 is 9.53 Å². The van der Waals surface area contributed by atoms with E-state index in [-0.39, 0.29) is 5.78 Å². The van der Waals surface area contributed by atoms with Crippen molar-refractivity contribution >= 4 is 5.78 Å². The average molecular weight is 217 g/mol. The van der Waals surface area contributed by atoms with Crippen molar-refractivity contribution in [2.24, 2.45) is 7.05 Å². The lowest BCUT2D eigenvalue weighted by Gasteiger charge is -2.03. The van der Waals surface area contributed by atoms with Crippen LogP contribution in [0.5, 0.6) is 5.75 Å². The fourth-order valence-electron chi connectivity index (χ4n) is 1.44. The Bertz CT molecular complexity index is 505. The fourth-order valence-corrected chi connectivity index (χ4v) is 1.44. The Morgan fingerprint density at radius 2 is 2.25 bits per heavy atom. The van der Waals surface area contributed by atoms with Crippen LogP contribution in [-0.4, -0.2) is 27.7 Å². The molecule has 0 fully saturated rings. The molecule has 0 unspecified atom stereocenters. The molecule has 0 atom stereocenters. The van der Waals surface area contributed by atoms with Crippen LogP contribution in [0.1, 0.15) is 16.2 Å². The number of aryl methyl sites for hydroxylation is 1.